The van der Waals surface area contributed by atoms with E-state index in [1.165, 1.54) is 5.56 Å². The van der Waals surface area contributed by atoms with Crippen molar-refractivity contribution in [1.29, 1.82) is 0 Å². The van der Waals surface area contributed by atoms with Crippen molar-refractivity contribution in [3.05, 3.63) is 47.1 Å². The van der Waals surface area contributed by atoms with Gasteiger partial charge in [0.2, 0.25) is 5.88 Å². The first-order valence-electron chi connectivity index (χ1n) is 6.92. The Balaban J connectivity index is 1.97. The number of thiazole rings is 1. The molecule has 0 spiro atoms. The lowest BCUT2D eigenvalue weighted by Gasteiger charge is -2.19. The summed E-state index contributed by atoms with van der Waals surface area (Å²) in [7, 11) is 0. The number of rotatable bonds is 3. The van der Waals surface area contributed by atoms with Crippen LogP contribution in [0.4, 0.5) is 0 Å². The van der Waals surface area contributed by atoms with Crippen LogP contribution < -0.4 is 10.5 Å². The van der Waals surface area contributed by atoms with E-state index >= 15 is 0 Å². The lowest BCUT2D eigenvalue weighted by molar-refractivity contribution is 0.456. The summed E-state index contributed by atoms with van der Waals surface area (Å²) in [5.74, 6) is 1.39. The Morgan fingerprint density at radius 1 is 1.33 bits per heavy atom. The van der Waals surface area contributed by atoms with Crippen molar-refractivity contribution < 1.29 is 4.74 Å². The smallest absolute Gasteiger partial charge is 0.243 e. The van der Waals surface area contributed by atoms with Gasteiger partial charge in [0.15, 0.2) is 4.96 Å². The van der Waals surface area contributed by atoms with Gasteiger partial charge in [0.1, 0.15) is 11.4 Å². The van der Waals surface area contributed by atoms with Gasteiger partial charge in [-0.1, -0.05) is 32.9 Å². The van der Waals surface area contributed by atoms with E-state index in [2.05, 4.69) is 37.9 Å². The molecule has 0 radical (unpaired) electrons. The van der Waals surface area contributed by atoms with Crippen LogP contribution in [0.3, 0.4) is 0 Å². The largest absolute Gasteiger partial charge is 0.437 e. The summed E-state index contributed by atoms with van der Waals surface area (Å²) < 4.78 is 7.95. The number of ether oxygens (including phenoxy) is 1. The highest BCUT2D eigenvalue weighted by molar-refractivity contribution is 7.15. The molecule has 0 fully saturated rings. The summed E-state index contributed by atoms with van der Waals surface area (Å²) in [6.45, 7) is 6.95. The highest BCUT2D eigenvalue weighted by atomic mass is 32.1. The first-order valence-corrected chi connectivity index (χ1v) is 7.80. The van der Waals surface area contributed by atoms with Gasteiger partial charge in [-0.2, -0.15) is 4.98 Å². The number of benzene rings is 1. The van der Waals surface area contributed by atoms with Crippen molar-refractivity contribution >= 4 is 16.3 Å². The van der Waals surface area contributed by atoms with Crippen molar-refractivity contribution in [2.75, 3.05) is 0 Å². The second-order valence-corrected chi connectivity index (χ2v) is 6.88. The number of nitrogens with two attached hydrogens (primary N) is 1. The highest BCUT2D eigenvalue weighted by Gasteiger charge is 2.16. The molecule has 0 aliphatic carbocycles. The van der Waals surface area contributed by atoms with Gasteiger partial charge in [-0.25, -0.2) is 0 Å². The van der Waals surface area contributed by atoms with Crippen LogP contribution in [0, 0.1) is 0 Å². The zero-order valence-corrected chi connectivity index (χ0v) is 13.3. The molecule has 0 aliphatic rings. The van der Waals surface area contributed by atoms with E-state index in [0.29, 0.717) is 12.4 Å². The zero-order chi connectivity index (χ0) is 15.0. The van der Waals surface area contributed by atoms with Crippen molar-refractivity contribution in [1.82, 2.24) is 9.38 Å². The Morgan fingerprint density at radius 2 is 2.14 bits per heavy atom. The van der Waals surface area contributed by atoms with Crippen molar-refractivity contribution in [2.24, 2.45) is 5.73 Å². The summed E-state index contributed by atoms with van der Waals surface area (Å²) in [6, 6.07) is 8.13. The molecule has 1 aromatic carbocycles. The molecule has 4 nitrogen and oxygen atoms in total. The van der Waals surface area contributed by atoms with E-state index in [0.717, 1.165) is 16.4 Å². The number of imidazole rings is 1. The molecular formula is C16H19N3OS. The normalized spacial score (nSPS) is 12.0. The van der Waals surface area contributed by atoms with Crippen molar-refractivity contribution in [3.63, 3.8) is 0 Å². The molecule has 3 rings (SSSR count). The molecule has 2 heterocycles. The maximum atomic E-state index is 5.97. The summed E-state index contributed by atoms with van der Waals surface area (Å²) >= 11 is 1.57. The fraction of sp³-hybridized carbons (Fsp3) is 0.312. The highest BCUT2D eigenvalue weighted by Crippen LogP contribution is 2.30. The standard InChI is InChI=1S/C16H19N3OS/c1-16(2,3)11-5-4-6-12(9-11)20-14-13(10-17)19-7-8-21-15(19)18-14/h4-9H,10,17H2,1-3H3. The summed E-state index contributed by atoms with van der Waals surface area (Å²) in [6.07, 6.45) is 1.97. The zero-order valence-electron chi connectivity index (χ0n) is 12.5. The van der Waals surface area contributed by atoms with Gasteiger partial charge < -0.3 is 10.5 Å². The van der Waals surface area contributed by atoms with Gasteiger partial charge in [-0.15, -0.1) is 11.3 Å². The van der Waals surface area contributed by atoms with Gasteiger partial charge in [0.05, 0.1) is 0 Å². The number of hydrogen-bond acceptors (Lipinski definition) is 4. The van der Waals surface area contributed by atoms with E-state index in [4.69, 9.17) is 10.5 Å². The molecule has 0 amide bonds. The molecule has 110 valence electrons. The summed E-state index contributed by atoms with van der Waals surface area (Å²) in [4.78, 5) is 5.41. The van der Waals surface area contributed by atoms with E-state index in [-0.39, 0.29) is 5.41 Å². The van der Waals surface area contributed by atoms with Gasteiger partial charge in [-0.05, 0) is 23.1 Å². The van der Waals surface area contributed by atoms with E-state index in [9.17, 15) is 0 Å². The molecule has 2 N–H and O–H groups in total. The topological polar surface area (TPSA) is 52.5 Å². The lowest BCUT2D eigenvalue weighted by Crippen LogP contribution is -2.10. The minimum Gasteiger partial charge on any atom is -0.437 e. The van der Waals surface area contributed by atoms with Gasteiger partial charge in [0.25, 0.3) is 0 Å². The molecule has 2 aromatic heterocycles. The Bertz CT molecular complexity index is 767. The molecule has 0 unspecified atom stereocenters. The number of nitrogens with zero attached hydrogens (tertiary/aromatic N) is 2. The average Bonchev–Trinajstić information content (AvgIpc) is 2.98. The van der Waals surface area contributed by atoms with Gasteiger partial charge in [0, 0.05) is 18.1 Å². The van der Waals surface area contributed by atoms with E-state index < -0.39 is 0 Å². The minimum atomic E-state index is 0.0879. The molecule has 0 saturated heterocycles. The van der Waals surface area contributed by atoms with E-state index in [1.807, 2.05) is 28.1 Å². The van der Waals surface area contributed by atoms with Gasteiger partial charge >= 0.3 is 0 Å². The van der Waals surface area contributed by atoms with Crippen LogP contribution in [0.15, 0.2) is 35.8 Å². The van der Waals surface area contributed by atoms with Crippen LogP contribution in [0.2, 0.25) is 0 Å². The third-order valence-corrected chi connectivity index (χ3v) is 4.19. The predicted molar refractivity (Wildman–Crippen MR) is 86.2 cm³/mol. The first kappa shape index (κ1) is 14.1. The number of fused-ring (bicyclic) bond motifs is 1. The second-order valence-electron chi connectivity index (χ2n) is 6.00. The van der Waals surface area contributed by atoms with Crippen molar-refractivity contribution in [2.45, 2.75) is 32.7 Å². The van der Waals surface area contributed by atoms with Crippen molar-refractivity contribution in [3.8, 4) is 11.6 Å². The van der Waals surface area contributed by atoms with Crippen LogP contribution in [-0.4, -0.2) is 9.38 Å². The monoisotopic (exact) mass is 301 g/mol. The fourth-order valence-corrected chi connectivity index (χ4v) is 2.94. The summed E-state index contributed by atoms with van der Waals surface area (Å²) in [5, 5.41) is 1.99. The van der Waals surface area contributed by atoms with Crippen LogP contribution in [0.1, 0.15) is 32.0 Å². The van der Waals surface area contributed by atoms with Crippen LogP contribution >= 0.6 is 11.3 Å². The fourth-order valence-electron chi connectivity index (χ4n) is 2.22. The molecule has 0 bridgehead atoms. The van der Waals surface area contributed by atoms with Crippen LogP contribution in [0.5, 0.6) is 11.6 Å². The third-order valence-electron chi connectivity index (χ3n) is 3.43. The molecule has 21 heavy (non-hydrogen) atoms. The first-order chi connectivity index (χ1) is 9.99. The van der Waals surface area contributed by atoms with Crippen LogP contribution in [0.25, 0.3) is 4.96 Å². The molecule has 3 aromatic rings. The quantitative estimate of drug-likeness (QED) is 0.797. The summed E-state index contributed by atoms with van der Waals surface area (Å²) in [5.41, 5.74) is 8.05. The maximum absolute atomic E-state index is 5.97. The lowest BCUT2D eigenvalue weighted by atomic mass is 9.87. The second kappa shape index (κ2) is 5.16. The van der Waals surface area contributed by atoms with Gasteiger partial charge in [-0.3, -0.25) is 4.40 Å². The average molecular weight is 301 g/mol. The third kappa shape index (κ3) is 2.66. The Morgan fingerprint density at radius 3 is 2.86 bits per heavy atom. The molecular weight excluding hydrogens is 282 g/mol. The SMILES string of the molecule is CC(C)(C)c1cccc(Oc2nc3sccn3c2CN)c1. The Labute approximate surface area is 128 Å². The number of aromatic nitrogens is 2. The molecule has 5 heteroatoms. The molecule has 0 atom stereocenters. The molecule has 0 saturated carbocycles. The Hall–Kier alpha value is -1.85. The van der Waals surface area contributed by atoms with Crippen LogP contribution in [-0.2, 0) is 12.0 Å². The minimum absolute atomic E-state index is 0.0879. The number of hydrogen-bond donors (Lipinski definition) is 1. The Kier molecular flexibility index (Phi) is 3.47. The molecule has 0 aliphatic heterocycles. The maximum Gasteiger partial charge on any atom is 0.243 e. The predicted octanol–water partition coefficient (Wildman–Crippen LogP) is 3.94. The van der Waals surface area contributed by atoms with E-state index in [1.54, 1.807) is 11.3 Å².